The van der Waals surface area contributed by atoms with E-state index in [0.29, 0.717) is 27.1 Å². The summed E-state index contributed by atoms with van der Waals surface area (Å²) in [6.07, 6.45) is 1.67. The highest BCUT2D eigenvalue weighted by Crippen LogP contribution is 2.27. The van der Waals surface area contributed by atoms with E-state index in [1.807, 2.05) is 6.07 Å². The Labute approximate surface area is 179 Å². The number of nitrogen functional groups attached to an aromatic ring is 1. The van der Waals surface area contributed by atoms with Crippen LogP contribution < -0.4 is 16.6 Å². The standard InChI is InChI=1S/C20H14N6O2S2/c21-10-12-8-15(18(28)23-13-4-2-1-3-5-13)17(22)25-19(12)30-11-14-9-16(27)26-6-7-29-20(26)24-14/h1-9H,11H2,(H2,22,25)(H,23,28). The molecule has 30 heavy (non-hydrogen) atoms. The monoisotopic (exact) mass is 434 g/mol. The van der Waals surface area contributed by atoms with Crippen molar-refractivity contribution in [2.24, 2.45) is 0 Å². The van der Waals surface area contributed by atoms with Gasteiger partial charge in [-0.3, -0.25) is 14.0 Å². The number of nitrogens with two attached hydrogens (primary N) is 1. The van der Waals surface area contributed by atoms with E-state index in [-0.39, 0.29) is 22.5 Å². The molecular weight excluding hydrogens is 420 g/mol. The zero-order chi connectivity index (χ0) is 21.1. The summed E-state index contributed by atoms with van der Waals surface area (Å²) in [6.45, 7) is 0. The lowest BCUT2D eigenvalue weighted by Crippen LogP contribution is -2.16. The predicted octanol–water partition coefficient (Wildman–Crippen LogP) is 3.15. The SMILES string of the molecule is N#Cc1cc(C(=O)Nc2ccccc2)c(N)nc1SCc1cc(=O)n2ccsc2n1. The van der Waals surface area contributed by atoms with Crippen molar-refractivity contribution in [3.8, 4) is 6.07 Å². The number of benzene rings is 1. The molecule has 148 valence electrons. The maximum absolute atomic E-state index is 12.5. The first-order valence-electron chi connectivity index (χ1n) is 8.71. The molecule has 1 aromatic carbocycles. The van der Waals surface area contributed by atoms with Gasteiger partial charge < -0.3 is 11.1 Å². The molecule has 3 N–H and O–H groups in total. The van der Waals surface area contributed by atoms with Gasteiger partial charge in [-0.2, -0.15) is 5.26 Å². The number of thiazole rings is 1. The van der Waals surface area contributed by atoms with Crippen LogP contribution in [0.3, 0.4) is 0 Å². The van der Waals surface area contributed by atoms with E-state index in [9.17, 15) is 14.9 Å². The van der Waals surface area contributed by atoms with Crippen LogP contribution in [0.2, 0.25) is 0 Å². The van der Waals surface area contributed by atoms with Gasteiger partial charge in [0.1, 0.15) is 16.9 Å². The quantitative estimate of drug-likeness (QED) is 0.462. The number of fused-ring (bicyclic) bond motifs is 1. The van der Waals surface area contributed by atoms with E-state index in [1.54, 1.807) is 35.8 Å². The Morgan fingerprint density at radius 1 is 1.27 bits per heavy atom. The zero-order valence-electron chi connectivity index (χ0n) is 15.4. The van der Waals surface area contributed by atoms with Crippen molar-refractivity contribution >= 4 is 45.5 Å². The van der Waals surface area contributed by atoms with E-state index in [0.717, 1.165) is 0 Å². The van der Waals surface area contributed by atoms with Gasteiger partial charge in [-0.25, -0.2) is 9.97 Å². The second-order valence-corrected chi connectivity index (χ2v) is 7.97. The van der Waals surface area contributed by atoms with Crippen LogP contribution >= 0.6 is 23.1 Å². The molecule has 3 heterocycles. The first kappa shape index (κ1) is 19.6. The molecule has 0 unspecified atom stereocenters. The van der Waals surface area contributed by atoms with E-state index >= 15 is 0 Å². The summed E-state index contributed by atoms with van der Waals surface area (Å²) in [5.74, 6) is -0.0934. The number of pyridine rings is 1. The molecule has 0 aliphatic rings. The summed E-state index contributed by atoms with van der Waals surface area (Å²) in [7, 11) is 0. The molecule has 8 nitrogen and oxygen atoms in total. The van der Waals surface area contributed by atoms with Crippen LogP contribution in [0, 0.1) is 11.3 Å². The molecule has 0 saturated carbocycles. The molecule has 0 fully saturated rings. The lowest BCUT2D eigenvalue weighted by molar-refractivity contribution is 0.102. The summed E-state index contributed by atoms with van der Waals surface area (Å²) in [5.41, 5.74) is 7.35. The maximum Gasteiger partial charge on any atom is 0.259 e. The average Bonchev–Trinajstić information content (AvgIpc) is 3.22. The van der Waals surface area contributed by atoms with Crippen LogP contribution in [0.5, 0.6) is 0 Å². The van der Waals surface area contributed by atoms with Crippen LogP contribution in [0.25, 0.3) is 4.96 Å². The number of hydrogen-bond donors (Lipinski definition) is 2. The predicted molar refractivity (Wildman–Crippen MR) is 117 cm³/mol. The fourth-order valence-corrected chi connectivity index (χ4v) is 4.30. The van der Waals surface area contributed by atoms with Crippen molar-refractivity contribution in [2.45, 2.75) is 10.8 Å². The number of anilines is 2. The van der Waals surface area contributed by atoms with Crippen molar-refractivity contribution in [3.05, 3.63) is 81.2 Å². The minimum atomic E-state index is -0.447. The molecule has 0 bridgehead atoms. The summed E-state index contributed by atoms with van der Waals surface area (Å²) < 4.78 is 1.47. The van der Waals surface area contributed by atoms with E-state index in [4.69, 9.17) is 5.73 Å². The Kier molecular flexibility index (Phi) is 5.47. The number of carbonyl (C=O) groups is 1. The third-order valence-electron chi connectivity index (χ3n) is 4.13. The summed E-state index contributed by atoms with van der Waals surface area (Å²) >= 11 is 2.60. The average molecular weight is 435 g/mol. The number of amides is 1. The van der Waals surface area contributed by atoms with Crippen LogP contribution in [0.4, 0.5) is 11.5 Å². The van der Waals surface area contributed by atoms with Gasteiger partial charge in [0.15, 0.2) is 4.96 Å². The van der Waals surface area contributed by atoms with Crippen molar-refractivity contribution in [3.63, 3.8) is 0 Å². The van der Waals surface area contributed by atoms with Gasteiger partial charge in [-0.05, 0) is 18.2 Å². The van der Waals surface area contributed by atoms with E-state index in [1.165, 1.54) is 39.6 Å². The Morgan fingerprint density at radius 2 is 2.07 bits per heavy atom. The molecule has 4 aromatic rings. The topological polar surface area (TPSA) is 126 Å². The highest BCUT2D eigenvalue weighted by atomic mass is 32.2. The molecule has 0 saturated heterocycles. The lowest BCUT2D eigenvalue weighted by atomic mass is 10.2. The van der Waals surface area contributed by atoms with Crippen molar-refractivity contribution < 1.29 is 4.79 Å². The number of carbonyl (C=O) groups excluding carboxylic acids is 1. The van der Waals surface area contributed by atoms with Gasteiger partial charge in [0.2, 0.25) is 0 Å². The normalized spacial score (nSPS) is 10.6. The van der Waals surface area contributed by atoms with Crippen molar-refractivity contribution in [2.75, 3.05) is 11.1 Å². The Bertz CT molecular complexity index is 1340. The molecule has 0 radical (unpaired) electrons. The first-order valence-corrected chi connectivity index (χ1v) is 10.6. The van der Waals surface area contributed by atoms with Gasteiger partial charge in [0.25, 0.3) is 11.5 Å². The summed E-state index contributed by atoms with van der Waals surface area (Å²) in [6, 6.07) is 13.9. The van der Waals surface area contributed by atoms with Gasteiger partial charge in [0, 0.05) is 29.1 Å². The second kappa shape index (κ2) is 8.36. The lowest BCUT2D eigenvalue weighted by Gasteiger charge is -2.10. The van der Waals surface area contributed by atoms with Gasteiger partial charge in [0.05, 0.1) is 16.8 Å². The minimum absolute atomic E-state index is 0.0201. The van der Waals surface area contributed by atoms with E-state index < -0.39 is 5.91 Å². The Hall–Kier alpha value is -3.68. The fourth-order valence-electron chi connectivity index (χ4n) is 2.71. The number of hydrogen-bond acceptors (Lipinski definition) is 8. The fraction of sp³-hybridized carbons (Fsp3) is 0.0500. The molecule has 4 rings (SSSR count). The van der Waals surface area contributed by atoms with Crippen LogP contribution in [0.1, 0.15) is 21.6 Å². The van der Waals surface area contributed by atoms with Crippen LogP contribution in [-0.2, 0) is 5.75 Å². The van der Waals surface area contributed by atoms with Crippen LogP contribution in [0.15, 0.2) is 63.9 Å². The molecule has 10 heteroatoms. The molecule has 0 aliphatic carbocycles. The van der Waals surface area contributed by atoms with Gasteiger partial charge in [-0.15, -0.1) is 11.3 Å². The molecular formula is C20H14N6O2S2. The molecule has 0 spiro atoms. The second-order valence-electron chi connectivity index (χ2n) is 6.14. The third kappa shape index (κ3) is 4.03. The van der Waals surface area contributed by atoms with E-state index in [2.05, 4.69) is 21.4 Å². The molecule has 0 aliphatic heterocycles. The van der Waals surface area contributed by atoms with Crippen molar-refractivity contribution in [1.82, 2.24) is 14.4 Å². The highest BCUT2D eigenvalue weighted by Gasteiger charge is 2.17. The minimum Gasteiger partial charge on any atom is -0.383 e. The summed E-state index contributed by atoms with van der Waals surface area (Å²) in [5, 5.41) is 14.4. The van der Waals surface area contributed by atoms with Gasteiger partial charge in [-0.1, -0.05) is 30.0 Å². The number of rotatable bonds is 5. The zero-order valence-corrected chi connectivity index (χ0v) is 17.0. The molecule has 1 amide bonds. The highest BCUT2D eigenvalue weighted by molar-refractivity contribution is 7.98. The summed E-state index contributed by atoms with van der Waals surface area (Å²) in [4.78, 5) is 33.9. The number of para-hydroxylation sites is 1. The third-order valence-corrected chi connectivity index (χ3v) is 5.91. The van der Waals surface area contributed by atoms with Crippen LogP contribution in [-0.4, -0.2) is 20.3 Å². The largest absolute Gasteiger partial charge is 0.383 e. The molecule has 3 aromatic heterocycles. The maximum atomic E-state index is 12.5. The number of aromatic nitrogens is 3. The smallest absolute Gasteiger partial charge is 0.259 e. The molecule has 0 atom stereocenters. The number of thioether (sulfide) groups is 1. The first-order chi connectivity index (χ1) is 14.5. The van der Waals surface area contributed by atoms with Crippen molar-refractivity contribution in [1.29, 1.82) is 5.26 Å². The number of nitrogens with zero attached hydrogens (tertiary/aromatic N) is 4. The Morgan fingerprint density at radius 3 is 2.83 bits per heavy atom. The Balaban J connectivity index is 1.56. The number of nitrogens with one attached hydrogen (secondary N) is 1. The van der Waals surface area contributed by atoms with Gasteiger partial charge >= 0.3 is 0 Å². The number of nitriles is 1.